The summed E-state index contributed by atoms with van der Waals surface area (Å²) in [7, 11) is 0. The number of aromatic nitrogens is 1. The fourth-order valence-electron chi connectivity index (χ4n) is 1.79. The van der Waals surface area contributed by atoms with Gasteiger partial charge in [-0.15, -0.1) is 0 Å². The molecule has 1 N–H and O–H groups in total. The molecule has 0 aromatic carbocycles. The van der Waals surface area contributed by atoms with Crippen LogP contribution >= 0.6 is 0 Å². The molecule has 0 spiro atoms. The standard InChI is InChI=1S/C11H11N3O2/c12-3-8-1-10(5-13-4-8)14-6-9(7-15)2-11(14)16/h1,4-5,9,15H,2,6-7H2. The maximum atomic E-state index is 11.6. The molecule has 2 heterocycles. The summed E-state index contributed by atoms with van der Waals surface area (Å²) in [5, 5.41) is 17.7. The van der Waals surface area contributed by atoms with Crippen molar-refractivity contribution in [1.29, 1.82) is 5.26 Å². The molecule has 1 atom stereocenters. The number of nitriles is 1. The number of hydrogen-bond donors (Lipinski definition) is 1. The molecule has 82 valence electrons. The van der Waals surface area contributed by atoms with Gasteiger partial charge in [0.1, 0.15) is 6.07 Å². The molecule has 1 aliphatic rings. The number of anilines is 1. The van der Waals surface area contributed by atoms with E-state index in [4.69, 9.17) is 10.4 Å². The minimum atomic E-state index is -0.0315. The highest BCUT2D eigenvalue weighted by Gasteiger charge is 2.30. The minimum absolute atomic E-state index is 0.00755. The molecule has 1 saturated heterocycles. The average Bonchev–Trinajstić information content (AvgIpc) is 2.71. The predicted octanol–water partition coefficient (Wildman–Crippen LogP) is 0.298. The van der Waals surface area contributed by atoms with E-state index in [2.05, 4.69) is 4.98 Å². The van der Waals surface area contributed by atoms with Crippen LogP contribution in [0.4, 0.5) is 5.69 Å². The lowest BCUT2D eigenvalue weighted by atomic mass is 10.1. The Labute approximate surface area is 92.9 Å². The second-order valence-electron chi connectivity index (χ2n) is 3.80. The van der Waals surface area contributed by atoms with Crippen molar-refractivity contribution in [3.63, 3.8) is 0 Å². The van der Waals surface area contributed by atoms with Crippen molar-refractivity contribution in [2.24, 2.45) is 5.92 Å². The van der Waals surface area contributed by atoms with Gasteiger partial charge >= 0.3 is 0 Å². The van der Waals surface area contributed by atoms with Crippen LogP contribution in [0.25, 0.3) is 0 Å². The molecule has 1 aliphatic heterocycles. The van der Waals surface area contributed by atoms with E-state index in [0.717, 1.165) is 0 Å². The molecule has 0 saturated carbocycles. The van der Waals surface area contributed by atoms with Gasteiger partial charge in [-0.1, -0.05) is 0 Å². The molecule has 1 aromatic heterocycles. The second-order valence-corrected chi connectivity index (χ2v) is 3.80. The monoisotopic (exact) mass is 217 g/mol. The fourth-order valence-corrected chi connectivity index (χ4v) is 1.79. The molecular formula is C11H11N3O2. The van der Waals surface area contributed by atoms with E-state index in [1.165, 1.54) is 6.20 Å². The molecule has 1 amide bonds. The third-order valence-electron chi connectivity index (χ3n) is 2.63. The largest absolute Gasteiger partial charge is 0.396 e. The highest BCUT2D eigenvalue weighted by Crippen LogP contribution is 2.24. The number of nitrogens with zero attached hydrogens (tertiary/aromatic N) is 3. The number of carbonyl (C=O) groups excluding carboxylic acids is 1. The van der Waals surface area contributed by atoms with Crippen molar-refractivity contribution >= 4 is 11.6 Å². The van der Waals surface area contributed by atoms with E-state index >= 15 is 0 Å². The van der Waals surface area contributed by atoms with Crippen molar-refractivity contribution < 1.29 is 9.90 Å². The van der Waals surface area contributed by atoms with Gasteiger partial charge < -0.3 is 10.0 Å². The van der Waals surface area contributed by atoms with Gasteiger partial charge in [0.15, 0.2) is 0 Å². The van der Waals surface area contributed by atoms with Gasteiger partial charge in [0, 0.05) is 31.7 Å². The lowest BCUT2D eigenvalue weighted by molar-refractivity contribution is -0.117. The Bertz CT molecular complexity index is 453. The zero-order valence-corrected chi connectivity index (χ0v) is 8.63. The smallest absolute Gasteiger partial charge is 0.227 e. The molecule has 0 aliphatic carbocycles. The van der Waals surface area contributed by atoms with Gasteiger partial charge in [-0.25, -0.2) is 0 Å². The number of rotatable bonds is 2. The zero-order chi connectivity index (χ0) is 11.5. The van der Waals surface area contributed by atoms with Gasteiger partial charge in [-0.05, 0) is 6.07 Å². The van der Waals surface area contributed by atoms with Crippen molar-refractivity contribution in [1.82, 2.24) is 4.98 Å². The number of aliphatic hydroxyl groups is 1. The van der Waals surface area contributed by atoms with Gasteiger partial charge in [0.2, 0.25) is 5.91 Å². The fraction of sp³-hybridized carbons (Fsp3) is 0.364. The minimum Gasteiger partial charge on any atom is -0.396 e. The number of amides is 1. The summed E-state index contributed by atoms with van der Waals surface area (Å²) >= 11 is 0. The molecule has 5 heteroatoms. The number of carbonyl (C=O) groups is 1. The maximum absolute atomic E-state index is 11.6. The topological polar surface area (TPSA) is 77.2 Å². The van der Waals surface area contributed by atoms with Crippen LogP contribution in [-0.2, 0) is 4.79 Å². The highest BCUT2D eigenvalue weighted by molar-refractivity contribution is 5.95. The molecule has 0 bridgehead atoms. The number of pyridine rings is 1. The molecule has 1 fully saturated rings. The molecule has 0 radical (unpaired) electrons. The Morgan fingerprint density at radius 3 is 3.06 bits per heavy atom. The van der Waals surface area contributed by atoms with E-state index in [1.54, 1.807) is 17.2 Å². The van der Waals surface area contributed by atoms with Crippen LogP contribution < -0.4 is 4.90 Å². The van der Waals surface area contributed by atoms with Crippen LogP contribution in [0.15, 0.2) is 18.5 Å². The first-order valence-electron chi connectivity index (χ1n) is 5.01. The summed E-state index contributed by atoms with van der Waals surface area (Å²) in [6.45, 7) is 0.500. The molecule has 2 rings (SSSR count). The molecule has 1 aromatic rings. The van der Waals surface area contributed by atoms with Crippen molar-refractivity contribution in [3.8, 4) is 6.07 Å². The van der Waals surface area contributed by atoms with Gasteiger partial charge in [0.05, 0.1) is 17.4 Å². The first-order valence-corrected chi connectivity index (χ1v) is 5.01. The summed E-state index contributed by atoms with van der Waals surface area (Å²) in [5.74, 6) is -0.0471. The Morgan fingerprint density at radius 1 is 1.62 bits per heavy atom. The van der Waals surface area contributed by atoms with Crippen LogP contribution in [0.3, 0.4) is 0 Å². The summed E-state index contributed by atoms with van der Waals surface area (Å²) < 4.78 is 0. The Hall–Kier alpha value is -1.93. The van der Waals surface area contributed by atoms with Crippen molar-refractivity contribution in [2.75, 3.05) is 18.1 Å². The first-order chi connectivity index (χ1) is 7.74. The maximum Gasteiger partial charge on any atom is 0.227 e. The van der Waals surface area contributed by atoms with Crippen LogP contribution in [0.2, 0.25) is 0 Å². The average molecular weight is 217 g/mol. The number of aliphatic hydroxyl groups excluding tert-OH is 1. The summed E-state index contributed by atoms with van der Waals surface area (Å²) in [6, 6.07) is 3.61. The van der Waals surface area contributed by atoms with Crippen LogP contribution in [0.5, 0.6) is 0 Å². The predicted molar refractivity (Wildman–Crippen MR) is 56.5 cm³/mol. The van der Waals surface area contributed by atoms with E-state index in [0.29, 0.717) is 24.2 Å². The van der Waals surface area contributed by atoms with Crippen LogP contribution in [0, 0.1) is 17.2 Å². The quantitative estimate of drug-likeness (QED) is 0.772. The summed E-state index contributed by atoms with van der Waals surface area (Å²) in [4.78, 5) is 17.1. The Kier molecular flexibility index (Phi) is 2.84. The van der Waals surface area contributed by atoms with Crippen LogP contribution in [-0.4, -0.2) is 29.1 Å². The Morgan fingerprint density at radius 2 is 2.44 bits per heavy atom. The Balaban J connectivity index is 2.25. The SMILES string of the molecule is N#Cc1cncc(N2CC(CO)CC2=O)c1. The van der Waals surface area contributed by atoms with Gasteiger partial charge in [-0.3, -0.25) is 9.78 Å². The first kappa shape index (κ1) is 10.6. The van der Waals surface area contributed by atoms with E-state index < -0.39 is 0 Å². The van der Waals surface area contributed by atoms with Crippen molar-refractivity contribution in [2.45, 2.75) is 6.42 Å². The van der Waals surface area contributed by atoms with Gasteiger partial charge in [0.25, 0.3) is 0 Å². The molecule has 5 nitrogen and oxygen atoms in total. The summed E-state index contributed by atoms with van der Waals surface area (Å²) in [5.41, 5.74) is 1.05. The zero-order valence-electron chi connectivity index (χ0n) is 8.63. The van der Waals surface area contributed by atoms with E-state index in [-0.39, 0.29) is 18.4 Å². The van der Waals surface area contributed by atoms with Crippen molar-refractivity contribution in [3.05, 3.63) is 24.0 Å². The lowest BCUT2D eigenvalue weighted by Crippen LogP contribution is -2.25. The van der Waals surface area contributed by atoms with Gasteiger partial charge in [-0.2, -0.15) is 5.26 Å². The van der Waals surface area contributed by atoms with E-state index in [1.807, 2.05) is 6.07 Å². The molecule has 16 heavy (non-hydrogen) atoms. The highest BCUT2D eigenvalue weighted by atomic mass is 16.3. The van der Waals surface area contributed by atoms with E-state index in [9.17, 15) is 4.79 Å². The molecular weight excluding hydrogens is 206 g/mol. The lowest BCUT2D eigenvalue weighted by Gasteiger charge is -2.15. The van der Waals surface area contributed by atoms with Crippen LogP contribution in [0.1, 0.15) is 12.0 Å². The third kappa shape index (κ3) is 1.88. The summed E-state index contributed by atoms with van der Waals surface area (Å²) in [6.07, 6.45) is 3.36. The third-order valence-corrected chi connectivity index (χ3v) is 2.63. The number of hydrogen-bond acceptors (Lipinski definition) is 4. The normalized spacial score (nSPS) is 19.9. The second kappa shape index (κ2) is 4.29. The molecule has 1 unspecified atom stereocenters.